The SMILES string of the molecule is COCCNC(=O)Cn1c(CO)cnc1SCC(=O)Nc1cc(C(F)(F)F)ccc1Cl. The lowest BCUT2D eigenvalue weighted by Gasteiger charge is -2.12. The molecule has 2 aromatic rings. The number of alkyl halides is 3. The first kappa shape index (κ1) is 25.0. The van der Waals surface area contributed by atoms with Gasteiger partial charge in [0.2, 0.25) is 11.8 Å². The molecule has 0 aliphatic heterocycles. The van der Waals surface area contributed by atoms with Crippen molar-refractivity contribution >= 4 is 40.9 Å². The van der Waals surface area contributed by atoms with E-state index in [0.717, 1.165) is 30.0 Å². The van der Waals surface area contributed by atoms with Crippen LogP contribution in [0.5, 0.6) is 0 Å². The third kappa shape index (κ3) is 7.42. The molecule has 0 aliphatic rings. The largest absolute Gasteiger partial charge is 0.416 e. The fourth-order valence-electron chi connectivity index (χ4n) is 2.41. The summed E-state index contributed by atoms with van der Waals surface area (Å²) in [6.45, 7) is 0.136. The van der Waals surface area contributed by atoms with Crippen molar-refractivity contribution in [1.29, 1.82) is 0 Å². The standard InChI is InChI=1S/C18H20ClF3N4O4S/c1-30-5-4-23-15(28)8-26-12(9-27)7-24-17(26)31-10-16(29)25-14-6-11(18(20,21)22)2-3-13(14)19/h2-3,6-7,27H,4-5,8-10H2,1H3,(H,23,28)(H,25,29). The van der Waals surface area contributed by atoms with Crippen LogP contribution in [0.4, 0.5) is 18.9 Å². The minimum absolute atomic E-state index is 0.0388. The van der Waals surface area contributed by atoms with Gasteiger partial charge in [0.1, 0.15) is 6.54 Å². The van der Waals surface area contributed by atoms with Crippen LogP contribution in [0, 0.1) is 0 Å². The summed E-state index contributed by atoms with van der Waals surface area (Å²) in [4.78, 5) is 28.4. The molecule has 1 aromatic carbocycles. The summed E-state index contributed by atoms with van der Waals surface area (Å²) in [6.07, 6.45) is -3.21. The van der Waals surface area contributed by atoms with Crippen LogP contribution in [0.1, 0.15) is 11.3 Å². The number of aliphatic hydroxyl groups excluding tert-OH is 1. The van der Waals surface area contributed by atoms with E-state index in [1.807, 2.05) is 0 Å². The Morgan fingerprint density at radius 1 is 1.32 bits per heavy atom. The smallest absolute Gasteiger partial charge is 0.390 e. The second-order valence-corrected chi connectivity index (χ2v) is 7.50. The van der Waals surface area contributed by atoms with Gasteiger partial charge in [-0.1, -0.05) is 23.4 Å². The van der Waals surface area contributed by atoms with Gasteiger partial charge in [0.15, 0.2) is 5.16 Å². The lowest BCUT2D eigenvalue weighted by Crippen LogP contribution is -2.31. The molecule has 3 N–H and O–H groups in total. The fourth-order valence-corrected chi connectivity index (χ4v) is 3.37. The van der Waals surface area contributed by atoms with Crippen molar-refractivity contribution in [3.63, 3.8) is 0 Å². The first-order valence-electron chi connectivity index (χ1n) is 8.86. The van der Waals surface area contributed by atoms with Crippen molar-refractivity contribution in [2.45, 2.75) is 24.5 Å². The second kappa shape index (κ2) is 11.4. The first-order chi connectivity index (χ1) is 14.7. The Labute approximate surface area is 185 Å². The van der Waals surface area contributed by atoms with Gasteiger partial charge in [-0.05, 0) is 18.2 Å². The average Bonchev–Trinajstić information content (AvgIpc) is 3.09. The number of rotatable bonds is 10. The summed E-state index contributed by atoms with van der Waals surface area (Å²) >= 11 is 6.83. The summed E-state index contributed by atoms with van der Waals surface area (Å²) in [7, 11) is 1.50. The summed E-state index contributed by atoms with van der Waals surface area (Å²) in [5, 5.41) is 14.7. The van der Waals surface area contributed by atoms with Gasteiger partial charge in [-0.3, -0.25) is 9.59 Å². The zero-order valence-corrected chi connectivity index (χ0v) is 17.9. The molecule has 0 radical (unpaired) electrons. The summed E-state index contributed by atoms with van der Waals surface area (Å²) in [5.74, 6) is -1.16. The number of hydrogen-bond acceptors (Lipinski definition) is 6. The quantitative estimate of drug-likeness (QED) is 0.356. The maximum atomic E-state index is 12.9. The van der Waals surface area contributed by atoms with Crippen LogP contribution in [0.15, 0.2) is 29.6 Å². The van der Waals surface area contributed by atoms with Gasteiger partial charge in [-0.25, -0.2) is 4.98 Å². The van der Waals surface area contributed by atoms with Gasteiger partial charge in [-0.2, -0.15) is 13.2 Å². The molecule has 13 heteroatoms. The van der Waals surface area contributed by atoms with E-state index in [1.54, 1.807) is 0 Å². The number of carbonyl (C=O) groups excluding carboxylic acids is 2. The molecular formula is C18H20ClF3N4O4S. The number of nitrogens with zero attached hydrogens (tertiary/aromatic N) is 2. The Kier molecular flexibility index (Phi) is 9.16. The minimum atomic E-state index is -4.58. The Bertz CT molecular complexity index is 924. The van der Waals surface area contributed by atoms with Crippen LogP contribution in [-0.2, 0) is 33.7 Å². The van der Waals surface area contributed by atoms with Gasteiger partial charge in [-0.15, -0.1) is 0 Å². The van der Waals surface area contributed by atoms with E-state index in [1.165, 1.54) is 17.9 Å². The van der Waals surface area contributed by atoms with E-state index in [2.05, 4.69) is 15.6 Å². The van der Waals surface area contributed by atoms with Crippen molar-refractivity contribution in [2.75, 3.05) is 31.3 Å². The second-order valence-electron chi connectivity index (χ2n) is 6.15. The normalized spacial score (nSPS) is 11.4. The van der Waals surface area contributed by atoms with E-state index in [-0.39, 0.29) is 40.7 Å². The Hall–Kier alpha value is -2.28. The Morgan fingerprint density at radius 2 is 2.06 bits per heavy atom. The molecule has 8 nitrogen and oxygen atoms in total. The molecule has 0 atom stereocenters. The zero-order valence-electron chi connectivity index (χ0n) is 16.3. The van der Waals surface area contributed by atoms with E-state index >= 15 is 0 Å². The van der Waals surface area contributed by atoms with Crippen molar-refractivity contribution in [1.82, 2.24) is 14.9 Å². The van der Waals surface area contributed by atoms with Crippen LogP contribution in [0.2, 0.25) is 5.02 Å². The molecule has 0 saturated heterocycles. The number of ether oxygens (including phenoxy) is 1. The summed E-state index contributed by atoms with van der Waals surface area (Å²) < 4.78 is 44.9. The maximum absolute atomic E-state index is 12.9. The number of aliphatic hydroxyl groups is 1. The van der Waals surface area contributed by atoms with Gasteiger partial charge in [0.05, 0.1) is 47.1 Å². The number of halogens is 4. The highest BCUT2D eigenvalue weighted by Gasteiger charge is 2.31. The average molecular weight is 481 g/mol. The van der Waals surface area contributed by atoms with Crippen LogP contribution < -0.4 is 10.6 Å². The molecule has 0 spiro atoms. The molecular weight excluding hydrogens is 461 g/mol. The van der Waals surface area contributed by atoms with E-state index in [0.29, 0.717) is 18.8 Å². The van der Waals surface area contributed by atoms with Gasteiger partial charge in [0.25, 0.3) is 0 Å². The topological polar surface area (TPSA) is 105 Å². The third-order valence-electron chi connectivity index (χ3n) is 3.89. The van der Waals surface area contributed by atoms with Gasteiger partial charge >= 0.3 is 6.18 Å². The number of nitrogens with one attached hydrogen (secondary N) is 2. The molecule has 1 heterocycles. The van der Waals surface area contributed by atoms with E-state index < -0.39 is 17.6 Å². The molecule has 0 fully saturated rings. The molecule has 0 aliphatic carbocycles. The van der Waals surface area contributed by atoms with Crippen LogP contribution in [0.25, 0.3) is 0 Å². The number of thioether (sulfide) groups is 1. The van der Waals surface area contributed by atoms with Crippen molar-refractivity contribution < 1.29 is 32.6 Å². The predicted molar refractivity (Wildman–Crippen MR) is 109 cm³/mol. The Morgan fingerprint density at radius 3 is 2.71 bits per heavy atom. The predicted octanol–water partition coefficient (Wildman–Crippen LogP) is 2.54. The highest BCUT2D eigenvalue weighted by Crippen LogP contribution is 2.34. The molecule has 2 amide bonds. The number of amides is 2. The number of hydrogen-bond donors (Lipinski definition) is 3. The van der Waals surface area contributed by atoms with Crippen molar-refractivity contribution in [3.05, 3.63) is 40.7 Å². The number of aromatic nitrogens is 2. The number of benzene rings is 1. The molecule has 0 unspecified atom stereocenters. The van der Waals surface area contributed by atoms with Crippen LogP contribution >= 0.6 is 23.4 Å². The van der Waals surface area contributed by atoms with Crippen molar-refractivity contribution in [2.24, 2.45) is 0 Å². The van der Waals surface area contributed by atoms with Gasteiger partial charge in [0, 0.05) is 13.7 Å². The monoisotopic (exact) mass is 480 g/mol. The molecule has 2 rings (SSSR count). The lowest BCUT2D eigenvalue weighted by molar-refractivity contribution is -0.137. The summed E-state index contributed by atoms with van der Waals surface area (Å²) in [5.41, 5.74) is -0.743. The maximum Gasteiger partial charge on any atom is 0.416 e. The van der Waals surface area contributed by atoms with E-state index in [4.69, 9.17) is 16.3 Å². The fraction of sp³-hybridized carbons (Fsp3) is 0.389. The summed E-state index contributed by atoms with van der Waals surface area (Å²) in [6, 6.07) is 2.62. The molecule has 0 bridgehead atoms. The number of methoxy groups -OCH3 is 1. The Balaban J connectivity index is 2.02. The van der Waals surface area contributed by atoms with Gasteiger partial charge < -0.3 is 25.0 Å². The number of carbonyl (C=O) groups is 2. The highest BCUT2D eigenvalue weighted by molar-refractivity contribution is 7.99. The molecule has 1 aromatic heterocycles. The number of imidazole rings is 1. The van der Waals surface area contributed by atoms with Crippen molar-refractivity contribution in [3.8, 4) is 0 Å². The third-order valence-corrected chi connectivity index (χ3v) is 5.21. The van der Waals surface area contributed by atoms with Crippen LogP contribution in [-0.4, -0.2) is 52.5 Å². The molecule has 170 valence electrons. The highest BCUT2D eigenvalue weighted by atomic mass is 35.5. The van der Waals surface area contributed by atoms with E-state index in [9.17, 15) is 27.9 Å². The minimum Gasteiger partial charge on any atom is -0.390 e. The zero-order chi connectivity index (χ0) is 23.0. The van der Waals surface area contributed by atoms with Crippen LogP contribution in [0.3, 0.4) is 0 Å². The molecule has 31 heavy (non-hydrogen) atoms. The first-order valence-corrected chi connectivity index (χ1v) is 10.2. The lowest BCUT2D eigenvalue weighted by atomic mass is 10.2. The molecule has 0 saturated carbocycles. The number of anilines is 1.